The number of anilines is 1. The fraction of sp³-hybridized carbons (Fsp3) is 0.240. The lowest BCUT2D eigenvalue weighted by Gasteiger charge is -2.23. The molecule has 0 bridgehead atoms. The number of aliphatic carboxylic acids is 1. The zero-order chi connectivity index (χ0) is 24.9. The number of thioether (sulfide) groups is 1. The van der Waals surface area contributed by atoms with Gasteiger partial charge in [0.2, 0.25) is 11.8 Å². The van der Waals surface area contributed by atoms with Gasteiger partial charge in [-0.25, -0.2) is 4.79 Å². The predicted octanol–water partition coefficient (Wildman–Crippen LogP) is 2.52. The molecule has 3 amide bonds. The molecule has 35 heavy (non-hydrogen) atoms. The number of fused-ring (bicyclic) bond motifs is 1. The van der Waals surface area contributed by atoms with Gasteiger partial charge >= 0.3 is 5.97 Å². The third kappa shape index (κ3) is 5.60. The maximum atomic E-state index is 12.8. The number of rotatable bonds is 7. The van der Waals surface area contributed by atoms with Crippen molar-refractivity contribution >= 4 is 52.0 Å². The Bertz CT molecular complexity index is 1280. The van der Waals surface area contributed by atoms with Gasteiger partial charge in [0.15, 0.2) is 0 Å². The normalized spacial score (nSPS) is 16.0. The van der Waals surface area contributed by atoms with E-state index in [1.54, 1.807) is 36.5 Å². The molecule has 1 aliphatic heterocycles. The Hall–Kier alpha value is -3.92. The lowest BCUT2D eigenvalue weighted by atomic mass is 10.0. The molecule has 1 aromatic heterocycles. The maximum Gasteiger partial charge on any atom is 0.326 e. The molecule has 3 aromatic rings. The number of nitrogens with zero attached hydrogens (tertiary/aromatic N) is 2. The lowest BCUT2D eigenvalue weighted by Crippen LogP contribution is -2.52. The van der Waals surface area contributed by atoms with Gasteiger partial charge in [-0.3, -0.25) is 19.4 Å². The molecule has 0 saturated carbocycles. The molecule has 0 spiro atoms. The van der Waals surface area contributed by atoms with Gasteiger partial charge in [-0.15, -0.1) is 11.8 Å². The molecule has 1 saturated heterocycles. The smallest absolute Gasteiger partial charge is 0.326 e. The van der Waals surface area contributed by atoms with Crippen LogP contribution in [0.3, 0.4) is 0 Å². The fourth-order valence-electron chi connectivity index (χ4n) is 3.89. The first kappa shape index (κ1) is 24.2. The van der Waals surface area contributed by atoms with Crippen LogP contribution in [0.15, 0.2) is 60.8 Å². The third-order valence-corrected chi connectivity index (χ3v) is 6.76. The minimum atomic E-state index is -1.17. The molecule has 2 aromatic carbocycles. The van der Waals surface area contributed by atoms with E-state index in [-0.39, 0.29) is 18.2 Å². The van der Waals surface area contributed by atoms with Gasteiger partial charge in [0.05, 0.1) is 17.0 Å². The third-order valence-electron chi connectivity index (χ3n) is 5.75. The van der Waals surface area contributed by atoms with Crippen molar-refractivity contribution in [1.29, 1.82) is 0 Å². The Balaban J connectivity index is 1.41. The van der Waals surface area contributed by atoms with Crippen LogP contribution in [0.5, 0.6) is 0 Å². The van der Waals surface area contributed by atoms with Crippen LogP contribution in [-0.2, 0) is 20.8 Å². The molecule has 9 nitrogen and oxygen atoms in total. The Kier molecular flexibility index (Phi) is 7.31. The van der Waals surface area contributed by atoms with E-state index in [1.165, 1.54) is 23.6 Å². The van der Waals surface area contributed by atoms with Gasteiger partial charge in [0, 0.05) is 36.4 Å². The minimum absolute atomic E-state index is 0.0597. The summed E-state index contributed by atoms with van der Waals surface area (Å²) in [4.78, 5) is 54.6. The van der Waals surface area contributed by atoms with E-state index < -0.39 is 24.0 Å². The second kappa shape index (κ2) is 10.6. The van der Waals surface area contributed by atoms with Crippen LogP contribution in [0.1, 0.15) is 22.8 Å². The Labute approximate surface area is 205 Å². The van der Waals surface area contributed by atoms with Crippen molar-refractivity contribution in [2.45, 2.75) is 25.4 Å². The summed E-state index contributed by atoms with van der Waals surface area (Å²) < 4.78 is 0. The number of carboxylic acids is 1. The molecule has 180 valence electrons. The number of aromatic nitrogens is 1. The molecule has 3 N–H and O–H groups in total. The SMILES string of the molecule is CC(=O)N1CSC[C@H]1C(=O)N[C@@H](Cc1ccc(NC(=O)c2ccnc3ccccc23)cc1)C(=O)O. The van der Waals surface area contributed by atoms with Crippen LogP contribution in [0.4, 0.5) is 5.69 Å². The van der Waals surface area contributed by atoms with E-state index in [2.05, 4.69) is 15.6 Å². The molecule has 4 rings (SSSR count). The first-order chi connectivity index (χ1) is 16.8. The van der Waals surface area contributed by atoms with Crippen molar-refractivity contribution in [3.63, 3.8) is 0 Å². The number of carbonyl (C=O) groups is 4. The lowest BCUT2D eigenvalue weighted by molar-refractivity contribution is -0.143. The average Bonchev–Trinajstić information content (AvgIpc) is 3.35. The van der Waals surface area contributed by atoms with Gasteiger partial charge in [-0.1, -0.05) is 30.3 Å². The number of para-hydroxylation sites is 1. The maximum absolute atomic E-state index is 12.8. The molecule has 0 unspecified atom stereocenters. The van der Waals surface area contributed by atoms with Crippen molar-refractivity contribution in [2.24, 2.45) is 0 Å². The topological polar surface area (TPSA) is 129 Å². The minimum Gasteiger partial charge on any atom is -0.480 e. The summed E-state index contributed by atoms with van der Waals surface area (Å²) >= 11 is 1.45. The van der Waals surface area contributed by atoms with Crippen LogP contribution < -0.4 is 10.6 Å². The summed E-state index contributed by atoms with van der Waals surface area (Å²) in [5.41, 5.74) is 2.45. The second-order valence-corrected chi connectivity index (χ2v) is 9.13. The van der Waals surface area contributed by atoms with Crippen LogP contribution in [0, 0.1) is 0 Å². The fourth-order valence-corrected chi connectivity index (χ4v) is 5.11. The number of benzene rings is 2. The Morgan fingerprint density at radius 3 is 2.57 bits per heavy atom. The summed E-state index contributed by atoms with van der Waals surface area (Å²) in [7, 11) is 0. The van der Waals surface area contributed by atoms with E-state index in [0.717, 1.165) is 10.9 Å². The second-order valence-electron chi connectivity index (χ2n) is 8.13. The Morgan fingerprint density at radius 2 is 1.86 bits per heavy atom. The molecular weight excluding hydrogens is 468 g/mol. The Morgan fingerprint density at radius 1 is 1.11 bits per heavy atom. The van der Waals surface area contributed by atoms with E-state index >= 15 is 0 Å². The molecule has 1 fully saturated rings. The summed E-state index contributed by atoms with van der Waals surface area (Å²) in [5, 5.41) is 15.8. The number of amides is 3. The zero-order valence-electron chi connectivity index (χ0n) is 18.9. The van der Waals surface area contributed by atoms with Crippen molar-refractivity contribution < 1.29 is 24.3 Å². The van der Waals surface area contributed by atoms with Gasteiger partial charge in [0.25, 0.3) is 5.91 Å². The van der Waals surface area contributed by atoms with Gasteiger partial charge in [-0.2, -0.15) is 0 Å². The number of hydrogen-bond acceptors (Lipinski definition) is 6. The van der Waals surface area contributed by atoms with Crippen LogP contribution in [0.2, 0.25) is 0 Å². The van der Waals surface area contributed by atoms with Crippen molar-refractivity contribution in [3.8, 4) is 0 Å². The van der Waals surface area contributed by atoms with Gasteiger partial charge in [0.1, 0.15) is 12.1 Å². The molecule has 1 aliphatic rings. The summed E-state index contributed by atoms with van der Waals surface area (Å²) in [6.45, 7) is 1.39. The van der Waals surface area contributed by atoms with E-state index in [1.807, 2.05) is 24.3 Å². The van der Waals surface area contributed by atoms with E-state index in [9.17, 15) is 24.3 Å². The summed E-state index contributed by atoms with van der Waals surface area (Å²) in [6.07, 6.45) is 1.64. The highest BCUT2D eigenvalue weighted by atomic mass is 32.2. The number of hydrogen-bond donors (Lipinski definition) is 3. The van der Waals surface area contributed by atoms with Crippen LogP contribution in [-0.4, -0.2) is 62.4 Å². The monoisotopic (exact) mass is 492 g/mol. The molecular formula is C25H24N4O5S. The number of carbonyl (C=O) groups excluding carboxylic acids is 3. The first-order valence-electron chi connectivity index (χ1n) is 11.0. The summed E-state index contributed by atoms with van der Waals surface area (Å²) in [5.74, 6) is -1.31. The molecule has 10 heteroatoms. The standard InChI is InChI=1S/C25H24N4O5S/c1-15(30)29-14-35-13-22(29)24(32)28-21(25(33)34)12-16-6-8-17(9-7-16)27-23(31)19-10-11-26-20-5-3-2-4-18(19)20/h2-11,21-22H,12-14H2,1H3,(H,27,31)(H,28,32)(H,33,34)/t21-,22-/m0/s1. The van der Waals surface area contributed by atoms with Crippen molar-refractivity contribution in [2.75, 3.05) is 16.9 Å². The average molecular weight is 493 g/mol. The van der Waals surface area contributed by atoms with E-state index in [0.29, 0.717) is 28.4 Å². The molecule has 0 radical (unpaired) electrons. The predicted molar refractivity (Wildman–Crippen MR) is 133 cm³/mol. The van der Waals surface area contributed by atoms with Gasteiger partial charge < -0.3 is 20.6 Å². The first-order valence-corrected chi connectivity index (χ1v) is 12.1. The van der Waals surface area contributed by atoms with E-state index in [4.69, 9.17) is 0 Å². The largest absolute Gasteiger partial charge is 0.480 e. The highest BCUT2D eigenvalue weighted by Gasteiger charge is 2.35. The molecule has 2 atom stereocenters. The quantitative estimate of drug-likeness (QED) is 0.462. The van der Waals surface area contributed by atoms with Crippen LogP contribution in [0.25, 0.3) is 10.9 Å². The van der Waals surface area contributed by atoms with Crippen LogP contribution >= 0.6 is 11.8 Å². The van der Waals surface area contributed by atoms with Gasteiger partial charge in [-0.05, 0) is 29.8 Å². The molecule has 2 heterocycles. The highest BCUT2D eigenvalue weighted by molar-refractivity contribution is 7.99. The summed E-state index contributed by atoms with van der Waals surface area (Å²) in [6, 6.07) is 14.0. The number of carboxylic acid groups (broad SMARTS) is 1. The zero-order valence-corrected chi connectivity index (χ0v) is 19.7. The highest BCUT2D eigenvalue weighted by Crippen LogP contribution is 2.22. The van der Waals surface area contributed by atoms with Crippen molar-refractivity contribution in [3.05, 3.63) is 71.9 Å². The van der Waals surface area contributed by atoms with Crippen molar-refractivity contribution in [1.82, 2.24) is 15.2 Å². The number of nitrogens with one attached hydrogen (secondary N) is 2. The number of pyridine rings is 1. The molecule has 0 aliphatic carbocycles.